The molecule has 0 atom stereocenters. The van der Waals surface area contributed by atoms with E-state index in [4.69, 9.17) is 9.97 Å². The molecule has 7 nitrogen and oxygen atoms in total. The minimum absolute atomic E-state index is 0.217. The Labute approximate surface area is 188 Å². The summed E-state index contributed by atoms with van der Waals surface area (Å²) >= 11 is 0. The molecule has 0 aliphatic carbocycles. The zero-order valence-corrected chi connectivity index (χ0v) is 17.8. The summed E-state index contributed by atoms with van der Waals surface area (Å²) in [5.41, 5.74) is 5.40. The van der Waals surface area contributed by atoms with Crippen LogP contribution in [0.4, 0.5) is 0 Å². The molecule has 0 bridgehead atoms. The Kier molecular flexibility index (Phi) is 4.33. The lowest BCUT2D eigenvalue weighted by Crippen LogP contribution is -2.18. The third-order valence-electron chi connectivity index (χ3n) is 5.68. The van der Waals surface area contributed by atoms with Crippen LogP contribution in [0.25, 0.3) is 38.9 Å². The molecule has 0 aliphatic rings. The van der Waals surface area contributed by atoms with E-state index in [2.05, 4.69) is 10.1 Å². The number of hydrogen-bond acceptors (Lipinski definition) is 5. The smallest absolute Gasteiger partial charge is 0.268 e. The summed E-state index contributed by atoms with van der Waals surface area (Å²) in [5, 5.41) is 5.07. The first-order valence-electron chi connectivity index (χ1n) is 10.5. The van der Waals surface area contributed by atoms with Gasteiger partial charge in [0, 0.05) is 0 Å². The van der Waals surface area contributed by atoms with E-state index in [1.54, 1.807) is 10.9 Å². The van der Waals surface area contributed by atoms with E-state index in [-0.39, 0.29) is 5.56 Å². The number of rotatable bonds is 3. The van der Waals surface area contributed by atoms with Crippen LogP contribution in [-0.4, -0.2) is 30.4 Å². The van der Waals surface area contributed by atoms with E-state index in [1.807, 2.05) is 85.8 Å². The predicted molar refractivity (Wildman–Crippen MR) is 130 cm³/mol. The van der Waals surface area contributed by atoms with Crippen LogP contribution < -0.4 is 5.56 Å². The lowest BCUT2D eigenvalue weighted by molar-refractivity contribution is 0.906. The van der Waals surface area contributed by atoms with Crippen LogP contribution in [0.3, 0.4) is 0 Å². The van der Waals surface area contributed by atoms with Crippen molar-refractivity contribution in [1.82, 2.24) is 24.2 Å². The van der Waals surface area contributed by atoms with Crippen molar-refractivity contribution in [2.24, 2.45) is 5.10 Å². The van der Waals surface area contributed by atoms with Crippen molar-refractivity contribution in [1.29, 1.82) is 0 Å². The van der Waals surface area contributed by atoms with Gasteiger partial charge in [-0.3, -0.25) is 9.36 Å². The highest BCUT2D eigenvalue weighted by Gasteiger charge is 2.20. The van der Waals surface area contributed by atoms with Gasteiger partial charge in [0.05, 0.1) is 22.9 Å². The summed E-state index contributed by atoms with van der Waals surface area (Å²) in [7, 11) is 0. The Morgan fingerprint density at radius 1 is 0.818 bits per heavy atom. The van der Waals surface area contributed by atoms with Gasteiger partial charge in [-0.05, 0) is 42.3 Å². The van der Waals surface area contributed by atoms with Gasteiger partial charge in [-0.15, -0.1) is 0 Å². The number of para-hydroxylation sites is 3. The van der Waals surface area contributed by atoms with E-state index < -0.39 is 0 Å². The Hall–Kier alpha value is -4.65. The zero-order chi connectivity index (χ0) is 22.4. The van der Waals surface area contributed by atoms with Crippen LogP contribution >= 0.6 is 0 Å². The normalized spacial score (nSPS) is 11.8. The van der Waals surface area contributed by atoms with Crippen LogP contribution in [0.1, 0.15) is 11.1 Å². The predicted octanol–water partition coefficient (Wildman–Crippen LogP) is 4.47. The van der Waals surface area contributed by atoms with Crippen molar-refractivity contribution >= 4 is 39.4 Å². The standard InChI is InChI=1S/C26H18N6O/c1-17-9-5-6-10-18(17)15-28-32-24-22(23-25(32)30-21-14-8-7-13-20(21)29-23)26(33)31(16-27-24)19-11-3-2-4-12-19/h2-16H,1H3/b28-15+. The maximum atomic E-state index is 13.6. The molecule has 0 aliphatic heterocycles. The zero-order valence-electron chi connectivity index (χ0n) is 17.8. The van der Waals surface area contributed by atoms with Gasteiger partial charge in [-0.25, -0.2) is 15.0 Å². The molecule has 3 heterocycles. The van der Waals surface area contributed by atoms with E-state index in [0.717, 1.165) is 22.3 Å². The molecule has 0 amide bonds. The number of benzene rings is 3. The van der Waals surface area contributed by atoms with Crippen LogP contribution in [-0.2, 0) is 0 Å². The first kappa shape index (κ1) is 19.1. The average molecular weight is 430 g/mol. The molecule has 158 valence electrons. The molecule has 6 rings (SSSR count). The van der Waals surface area contributed by atoms with E-state index >= 15 is 0 Å². The van der Waals surface area contributed by atoms with Crippen molar-refractivity contribution in [3.63, 3.8) is 0 Å². The molecular weight excluding hydrogens is 412 g/mol. The second-order valence-electron chi connectivity index (χ2n) is 7.75. The molecule has 0 radical (unpaired) electrons. The van der Waals surface area contributed by atoms with Crippen molar-refractivity contribution < 1.29 is 0 Å². The molecule has 0 unspecified atom stereocenters. The monoisotopic (exact) mass is 430 g/mol. The van der Waals surface area contributed by atoms with Gasteiger partial charge in [0.1, 0.15) is 17.2 Å². The molecule has 6 aromatic rings. The molecule has 33 heavy (non-hydrogen) atoms. The number of fused-ring (bicyclic) bond motifs is 4. The molecule has 7 heteroatoms. The molecule has 0 N–H and O–H groups in total. The number of nitrogens with zero attached hydrogens (tertiary/aromatic N) is 6. The van der Waals surface area contributed by atoms with Crippen LogP contribution in [0, 0.1) is 6.92 Å². The van der Waals surface area contributed by atoms with E-state index in [1.165, 1.54) is 10.9 Å². The highest BCUT2D eigenvalue weighted by atomic mass is 16.1. The molecule has 3 aromatic heterocycles. The van der Waals surface area contributed by atoms with Gasteiger partial charge in [0.25, 0.3) is 5.56 Å². The van der Waals surface area contributed by atoms with Crippen LogP contribution in [0.15, 0.2) is 95.1 Å². The van der Waals surface area contributed by atoms with Crippen molar-refractivity contribution in [2.75, 3.05) is 0 Å². The van der Waals surface area contributed by atoms with Crippen molar-refractivity contribution in [2.45, 2.75) is 6.92 Å². The van der Waals surface area contributed by atoms with Gasteiger partial charge in [-0.1, -0.05) is 54.6 Å². The number of aryl methyl sites for hydroxylation is 1. The molecule has 0 spiro atoms. The molecular formula is C26H18N6O. The summed E-state index contributed by atoms with van der Waals surface area (Å²) in [6, 6.07) is 25.0. The summed E-state index contributed by atoms with van der Waals surface area (Å²) in [6.45, 7) is 2.03. The third kappa shape index (κ3) is 3.10. The highest BCUT2D eigenvalue weighted by molar-refractivity contribution is 6.05. The minimum atomic E-state index is -0.217. The summed E-state index contributed by atoms with van der Waals surface area (Å²) in [5.74, 6) is 0. The van der Waals surface area contributed by atoms with E-state index in [9.17, 15) is 4.79 Å². The molecule has 3 aromatic carbocycles. The quantitative estimate of drug-likeness (QED) is 0.388. The maximum absolute atomic E-state index is 13.6. The fourth-order valence-corrected chi connectivity index (χ4v) is 3.95. The second-order valence-corrected chi connectivity index (χ2v) is 7.75. The number of hydrogen-bond donors (Lipinski definition) is 0. The van der Waals surface area contributed by atoms with Gasteiger partial charge in [0.15, 0.2) is 11.3 Å². The Morgan fingerprint density at radius 2 is 1.52 bits per heavy atom. The van der Waals surface area contributed by atoms with E-state index in [0.29, 0.717) is 27.7 Å². The molecule has 0 saturated heterocycles. The summed E-state index contributed by atoms with van der Waals surface area (Å²) < 4.78 is 3.13. The summed E-state index contributed by atoms with van der Waals surface area (Å²) in [4.78, 5) is 27.8. The third-order valence-corrected chi connectivity index (χ3v) is 5.68. The van der Waals surface area contributed by atoms with Crippen molar-refractivity contribution in [3.05, 3.63) is 107 Å². The Morgan fingerprint density at radius 3 is 2.30 bits per heavy atom. The minimum Gasteiger partial charge on any atom is -0.268 e. The highest BCUT2D eigenvalue weighted by Crippen LogP contribution is 2.25. The second kappa shape index (κ2) is 7.49. The first-order chi connectivity index (χ1) is 16.2. The topological polar surface area (TPSA) is 78.0 Å². The lowest BCUT2D eigenvalue weighted by atomic mass is 10.1. The molecule has 0 fully saturated rings. The first-order valence-corrected chi connectivity index (χ1v) is 10.5. The SMILES string of the molecule is Cc1ccccc1/C=N/n1c2nc3ccccc3nc2c2c(=O)n(-c3ccccc3)cnc21. The number of aromatic nitrogens is 5. The Balaban J connectivity index is 1.69. The Bertz CT molecular complexity index is 1750. The summed E-state index contributed by atoms with van der Waals surface area (Å²) in [6.07, 6.45) is 3.29. The van der Waals surface area contributed by atoms with Gasteiger partial charge in [0.2, 0.25) is 0 Å². The van der Waals surface area contributed by atoms with Crippen LogP contribution in [0.2, 0.25) is 0 Å². The van der Waals surface area contributed by atoms with Gasteiger partial charge >= 0.3 is 0 Å². The largest absolute Gasteiger partial charge is 0.269 e. The van der Waals surface area contributed by atoms with Crippen LogP contribution in [0.5, 0.6) is 0 Å². The lowest BCUT2D eigenvalue weighted by Gasteiger charge is -2.05. The fraction of sp³-hybridized carbons (Fsp3) is 0.0385. The maximum Gasteiger partial charge on any atom is 0.269 e. The fourth-order valence-electron chi connectivity index (χ4n) is 3.95. The van der Waals surface area contributed by atoms with Gasteiger partial charge < -0.3 is 0 Å². The van der Waals surface area contributed by atoms with Crippen molar-refractivity contribution in [3.8, 4) is 5.69 Å². The van der Waals surface area contributed by atoms with Gasteiger partial charge in [-0.2, -0.15) is 9.78 Å². The molecule has 0 saturated carbocycles. The average Bonchev–Trinajstić information content (AvgIpc) is 3.16.